The lowest BCUT2D eigenvalue weighted by molar-refractivity contribution is -0.135. The van der Waals surface area contributed by atoms with Crippen LogP contribution in [0.1, 0.15) is 6.42 Å². The second kappa shape index (κ2) is 3.25. The molecule has 1 aliphatic heterocycles. The Hall–Kier alpha value is -1.52. The molecule has 0 fully saturated rings. The molecule has 0 aromatic rings. The smallest absolute Gasteiger partial charge is 0.345 e. The molecule has 0 aromatic carbocycles. The number of aliphatic hydroxyl groups is 1. The van der Waals surface area contributed by atoms with Crippen LogP contribution >= 0.6 is 0 Å². The van der Waals surface area contributed by atoms with Crippen molar-refractivity contribution < 1.29 is 14.6 Å². The fraction of sp³-hybridized carbons (Fsp3) is 0.429. The van der Waals surface area contributed by atoms with E-state index in [4.69, 9.17) is 5.73 Å². The number of hydrogen-bond acceptors (Lipinski definition) is 5. The second-order valence-corrected chi connectivity index (χ2v) is 2.33. The van der Waals surface area contributed by atoms with Crippen molar-refractivity contribution in [2.75, 3.05) is 13.7 Å². The maximum Gasteiger partial charge on any atom is 0.345 e. The van der Waals surface area contributed by atoms with E-state index in [-0.39, 0.29) is 17.2 Å². The summed E-state index contributed by atoms with van der Waals surface area (Å²) in [4.78, 5) is 14.8. The number of aliphatic imine (C=N–C) groups is 1. The minimum absolute atomic E-state index is 0.0104. The van der Waals surface area contributed by atoms with E-state index in [0.717, 1.165) is 0 Å². The summed E-state index contributed by atoms with van der Waals surface area (Å²) in [5.74, 6) is -0.645. The first-order valence-corrected chi connectivity index (χ1v) is 3.47. The first kappa shape index (κ1) is 8.58. The zero-order valence-corrected chi connectivity index (χ0v) is 6.70. The quantitative estimate of drug-likeness (QED) is 0.530. The lowest BCUT2D eigenvalue weighted by Gasteiger charge is -2.11. The number of hydrogen-bond donors (Lipinski definition) is 2. The lowest BCUT2D eigenvalue weighted by Crippen LogP contribution is -2.27. The summed E-state index contributed by atoms with van der Waals surface area (Å²) in [6.45, 7) is 0.415. The van der Waals surface area contributed by atoms with Crippen molar-refractivity contribution in [1.29, 1.82) is 0 Å². The molecule has 66 valence electrons. The van der Waals surface area contributed by atoms with Crippen molar-refractivity contribution in [3.63, 3.8) is 0 Å². The van der Waals surface area contributed by atoms with Crippen LogP contribution in [0.3, 0.4) is 0 Å². The molecular formula is C7H10N2O3. The molecule has 1 rings (SSSR count). The Bertz CT molecular complexity index is 268. The van der Waals surface area contributed by atoms with E-state index in [2.05, 4.69) is 9.73 Å². The molecular weight excluding hydrogens is 160 g/mol. The number of nitrogens with two attached hydrogens (primary N) is 1. The predicted molar refractivity (Wildman–Crippen MR) is 42.8 cm³/mol. The zero-order valence-electron chi connectivity index (χ0n) is 6.70. The number of nitrogens with zero attached hydrogens (tertiary/aromatic N) is 1. The highest BCUT2D eigenvalue weighted by atomic mass is 16.5. The highest BCUT2D eigenvalue weighted by Crippen LogP contribution is 2.12. The normalized spacial score (nSPS) is 17.2. The Morgan fingerprint density at radius 3 is 2.92 bits per heavy atom. The number of amidine groups is 1. The molecule has 0 aliphatic carbocycles. The van der Waals surface area contributed by atoms with Gasteiger partial charge >= 0.3 is 5.97 Å². The Kier molecular flexibility index (Phi) is 2.32. The van der Waals surface area contributed by atoms with Crippen molar-refractivity contribution in [2.24, 2.45) is 10.7 Å². The molecule has 1 aliphatic rings. The SMILES string of the molecule is COC(=O)C1=C(O)CCN=C1N. The number of aliphatic hydroxyl groups excluding tert-OH is 1. The van der Waals surface area contributed by atoms with Crippen LogP contribution in [0.15, 0.2) is 16.3 Å². The highest BCUT2D eigenvalue weighted by Gasteiger charge is 2.22. The summed E-state index contributed by atoms with van der Waals surface area (Å²) in [5, 5.41) is 9.26. The highest BCUT2D eigenvalue weighted by molar-refractivity contribution is 6.18. The van der Waals surface area contributed by atoms with Gasteiger partial charge in [-0.15, -0.1) is 0 Å². The minimum atomic E-state index is -0.645. The molecule has 12 heavy (non-hydrogen) atoms. The van der Waals surface area contributed by atoms with Crippen molar-refractivity contribution in [3.05, 3.63) is 11.3 Å². The first-order chi connectivity index (χ1) is 5.66. The molecule has 3 N–H and O–H groups in total. The van der Waals surface area contributed by atoms with Gasteiger partial charge in [-0.2, -0.15) is 0 Å². The summed E-state index contributed by atoms with van der Waals surface area (Å²) < 4.78 is 4.41. The van der Waals surface area contributed by atoms with Crippen LogP contribution in [0.2, 0.25) is 0 Å². The summed E-state index contributed by atoms with van der Waals surface area (Å²) in [6.07, 6.45) is 0.338. The number of ether oxygens (including phenoxy) is 1. The van der Waals surface area contributed by atoms with E-state index in [1.165, 1.54) is 7.11 Å². The van der Waals surface area contributed by atoms with Crippen molar-refractivity contribution >= 4 is 11.8 Å². The number of dihydropyridines is 1. The van der Waals surface area contributed by atoms with E-state index in [0.29, 0.717) is 13.0 Å². The Balaban J connectivity index is 2.98. The van der Waals surface area contributed by atoms with Crippen LogP contribution in [-0.2, 0) is 9.53 Å². The molecule has 0 radical (unpaired) electrons. The summed E-state index contributed by atoms with van der Waals surface area (Å²) >= 11 is 0. The number of carbonyl (C=O) groups is 1. The van der Waals surface area contributed by atoms with Gasteiger partial charge in [0.25, 0.3) is 0 Å². The summed E-state index contributed by atoms with van der Waals surface area (Å²) in [5.41, 5.74) is 5.37. The molecule has 0 bridgehead atoms. The molecule has 0 saturated carbocycles. The third-order valence-corrected chi connectivity index (χ3v) is 1.56. The molecule has 5 heteroatoms. The van der Waals surface area contributed by atoms with Crippen LogP contribution in [-0.4, -0.2) is 30.6 Å². The standard InChI is InChI=1S/C7H10N2O3/c1-12-7(11)5-4(10)2-3-9-6(5)8/h10H,2-3H2,1H3,(H2,8,9). The van der Waals surface area contributed by atoms with Gasteiger partial charge in [-0.1, -0.05) is 0 Å². The summed E-state index contributed by atoms with van der Waals surface area (Å²) in [6, 6.07) is 0. The van der Waals surface area contributed by atoms with E-state index in [1.54, 1.807) is 0 Å². The maximum atomic E-state index is 11.0. The van der Waals surface area contributed by atoms with Gasteiger partial charge in [0.1, 0.15) is 17.2 Å². The second-order valence-electron chi connectivity index (χ2n) is 2.33. The van der Waals surface area contributed by atoms with Crippen LogP contribution in [0.25, 0.3) is 0 Å². The van der Waals surface area contributed by atoms with Crippen molar-refractivity contribution in [3.8, 4) is 0 Å². The van der Waals surface area contributed by atoms with Gasteiger partial charge in [0.2, 0.25) is 0 Å². The van der Waals surface area contributed by atoms with Crippen LogP contribution in [0.4, 0.5) is 0 Å². The largest absolute Gasteiger partial charge is 0.511 e. The van der Waals surface area contributed by atoms with Gasteiger partial charge in [-0.05, 0) is 0 Å². The maximum absolute atomic E-state index is 11.0. The van der Waals surface area contributed by atoms with Gasteiger partial charge in [0.05, 0.1) is 7.11 Å². The van der Waals surface area contributed by atoms with Crippen LogP contribution in [0, 0.1) is 0 Å². The van der Waals surface area contributed by atoms with E-state index < -0.39 is 5.97 Å². The number of methoxy groups -OCH3 is 1. The molecule has 1 heterocycles. The molecule has 0 saturated heterocycles. The fourth-order valence-electron chi connectivity index (χ4n) is 0.959. The molecule has 0 unspecified atom stereocenters. The third kappa shape index (κ3) is 1.39. The average Bonchev–Trinajstić information content (AvgIpc) is 2.03. The number of esters is 1. The monoisotopic (exact) mass is 170 g/mol. The predicted octanol–water partition coefficient (Wildman–Crippen LogP) is -0.268. The minimum Gasteiger partial charge on any atom is -0.511 e. The molecule has 5 nitrogen and oxygen atoms in total. The number of carbonyl (C=O) groups excluding carboxylic acids is 1. The van der Waals surface area contributed by atoms with Crippen LogP contribution in [0.5, 0.6) is 0 Å². The lowest BCUT2D eigenvalue weighted by atomic mass is 10.1. The Labute approximate surface area is 69.5 Å². The van der Waals surface area contributed by atoms with Gasteiger partial charge in [0, 0.05) is 13.0 Å². The Morgan fingerprint density at radius 2 is 2.42 bits per heavy atom. The van der Waals surface area contributed by atoms with Gasteiger partial charge in [-0.3, -0.25) is 4.99 Å². The van der Waals surface area contributed by atoms with Crippen LogP contribution < -0.4 is 5.73 Å². The zero-order chi connectivity index (χ0) is 9.14. The number of rotatable bonds is 1. The topological polar surface area (TPSA) is 84.9 Å². The Morgan fingerprint density at radius 1 is 1.75 bits per heavy atom. The molecule has 0 amide bonds. The van der Waals surface area contributed by atoms with E-state index >= 15 is 0 Å². The third-order valence-electron chi connectivity index (χ3n) is 1.56. The van der Waals surface area contributed by atoms with Crippen molar-refractivity contribution in [1.82, 2.24) is 0 Å². The fourth-order valence-corrected chi connectivity index (χ4v) is 0.959. The molecule has 0 aromatic heterocycles. The molecule has 0 atom stereocenters. The van der Waals surface area contributed by atoms with E-state index in [9.17, 15) is 9.90 Å². The van der Waals surface area contributed by atoms with Gasteiger partial charge in [0.15, 0.2) is 0 Å². The summed E-state index contributed by atoms with van der Waals surface area (Å²) in [7, 11) is 1.23. The van der Waals surface area contributed by atoms with E-state index in [1.807, 2.05) is 0 Å². The molecule has 0 spiro atoms. The van der Waals surface area contributed by atoms with Gasteiger partial charge in [-0.25, -0.2) is 4.79 Å². The average molecular weight is 170 g/mol. The van der Waals surface area contributed by atoms with Gasteiger partial charge < -0.3 is 15.6 Å². The first-order valence-electron chi connectivity index (χ1n) is 3.47. The van der Waals surface area contributed by atoms with Crippen molar-refractivity contribution in [2.45, 2.75) is 6.42 Å².